The summed E-state index contributed by atoms with van der Waals surface area (Å²) in [5.41, 5.74) is 0.383. The molecule has 1 amide bonds. The van der Waals surface area contributed by atoms with Crippen LogP contribution in [0.1, 0.15) is 60.3 Å². The van der Waals surface area contributed by atoms with E-state index < -0.39 is 24.2 Å². The Bertz CT molecular complexity index is 538. The number of hydrogen-bond acceptors (Lipinski definition) is 5. The van der Waals surface area contributed by atoms with Crippen LogP contribution in [-0.2, 0) is 9.63 Å². The quantitative estimate of drug-likeness (QED) is 0.627. The minimum absolute atomic E-state index is 0.0658. The molecule has 0 aromatic heterocycles. The molecule has 0 radical (unpaired) electrons. The standard InChI is InChI=1S/C21H38N2O4/c1-6-7-8-23-19(18(13(3)25)17(11-24)27-23)20(26)22-16-10-14-9-15(12(16)2)21(14,4)5/h12-19,24-25H,6-11H2,1-5H3,(H,22,26)/t12-,13-,14-,15+,16-,17-,18+,19-/m0/s1. The molecule has 6 nitrogen and oxygen atoms in total. The average Bonchev–Trinajstić information content (AvgIpc) is 2.99. The number of rotatable bonds is 7. The maximum atomic E-state index is 13.3. The van der Waals surface area contributed by atoms with Gasteiger partial charge in [0.25, 0.3) is 0 Å². The van der Waals surface area contributed by atoms with E-state index in [0.717, 1.165) is 19.3 Å². The van der Waals surface area contributed by atoms with Gasteiger partial charge >= 0.3 is 0 Å². The lowest BCUT2D eigenvalue weighted by atomic mass is 9.45. The van der Waals surface area contributed by atoms with Crippen LogP contribution >= 0.6 is 0 Å². The zero-order chi connectivity index (χ0) is 19.9. The number of aliphatic hydroxyl groups is 2. The summed E-state index contributed by atoms with van der Waals surface area (Å²) in [5.74, 6) is 1.31. The average molecular weight is 383 g/mol. The molecule has 3 aliphatic carbocycles. The number of fused-ring (bicyclic) bond motifs is 2. The van der Waals surface area contributed by atoms with Gasteiger partial charge in [-0.1, -0.05) is 34.1 Å². The van der Waals surface area contributed by atoms with E-state index in [1.54, 1.807) is 12.0 Å². The van der Waals surface area contributed by atoms with Crippen molar-refractivity contribution in [1.29, 1.82) is 0 Å². The van der Waals surface area contributed by atoms with Crippen molar-refractivity contribution in [2.24, 2.45) is 29.1 Å². The number of carbonyl (C=O) groups excluding carboxylic acids is 1. The monoisotopic (exact) mass is 382 g/mol. The molecule has 0 aromatic rings. The minimum Gasteiger partial charge on any atom is -0.394 e. The second-order valence-corrected chi connectivity index (χ2v) is 9.65. The van der Waals surface area contributed by atoms with E-state index >= 15 is 0 Å². The van der Waals surface area contributed by atoms with Crippen molar-refractivity contribution in [3.05, 3.63) is 0 Å². The molecule has 0 spiro atoms. The molecular formula is C21H38N2O4. The lowest BCUT2D eigenvalue weighted by Gasteiger charge is -2.62. The van der Waals surface area contributed by atoms with Crippen molar-refractivity contribution in [2.45, 2.75) is 84.6 Å². The van der Waals surface area contributed by atoms with E-state index in [0.29, 0.717) is 29.7 Å². The van der Waals surface area contributed by atoms with Gasteiger partial charge in [-0.05, 0) is 49.4 Å². The lowest BCUT2D eigenvalue weighted by Crippen LogP contribution is -2.62. The molecule has 4 fully saturated rings. The van der Waals surface area contributed by atoms with Crippen LogP contribution in [0.2, 0.25) is 0 Å². The Morgan fingerprint density at radius 2 is 2.07 bits per heavy atom. The Hall–Kier alpha value is -0.690. The maximum absolute atomic E-state index is 13.3. The van der Waals surface area contributed by atoms with E-state index in [-0.39, 0.29) is 18.6 Å². The molecule has 3 saturated carbocycles. The van der Waals surface area contributed by atoms with Crippen LogP contribution in [0, 0.1) is 29.1 Å². The van der Waals surface area contributed by atoms with E-state index in [1.165, 1.54) is 6.42 Å². The molecule has 0 aromatic carbocycles. The Morgan fingerprint density at radius 1 is 1.37 bits per heavy atom. The van der Waals surface area contributed by atoms with Gasteiger partial charge in [0, 0.05) is 18.5 Å². The molecule has 2 bridgehead atoms. The Morgan fingerprint density at radius 3 is 2.59 bits per heavy atom. The summed E-state index contributed by atoms with van der Waals surface area (Å²) in [7, 11) is 0. The van der Waals surface area contributed by atoms with E-state index in [1.807, 2.05) is 0 Å². The van der Waals surface area contributed by atoms with Gasteiger partial charge in [0.15, 0.2) is 0 Å². The number of unbranched alkanes of at least 4 members (excludes halogenated alkanes) is 1. The first-order chi connectivity index (χ1) is 12.7. The molecular weight excluding hydrogens is 344 g/mol. The van der Waals surface area contributed by atoms with Crippen molar-refractivity contribution >= 4 is 5.91 Å². The molecule has 0 unspecified atom stereocenters. The maximum Gasteiger partial charge on any atom is 0.240 e. The Kier molecular flexibility index (Phi) is 6.21. The first kappa shape index (κ1) is 21.0. The number of amides is 1. The fraction of sp³-hybridized carbons (Fsp3) is 0.952. The molecule has 1 saturated heterocycles. The third-order valence-corrected chi connectivity index (χ3v) is 7.79. The molecule has 3 N–H and O–H groups in total. The van der Waals surface area contributed by atoms with Gasteiger partial charge in [0.05, 0.1) is 12.7 Å². The molecule has 27 heavy (non-hydrogen) atoms. The normalized spacial score (nSPS) is 41.8. The molecule has 6 heteroatoms. The number of aliphatic hydroxyl groups excluding tert-OH is 2. The Balaban J connectivity index is 1.72. The summed E-state index contributed by atoms with van der Waals surface area (Å²) < 4.78 is 0. The minimum atomic E-state index is -0.722. The number of hydrogen-bond donors (Lipinski definition) is 3. The van der Waals surface area contributed by atoms with E-state index in [9.17, 15) is 15.0 Å². The predicted octanol–water partition coefficient (Wildman–Crippen LogP) is 1.95. The van der Waals surface area contributed by atoms with Crippen molar-refractivity contribution < 1.29 is 19.8 Å². The third-order valence-electron chi connectivity index (χ3n) is 7.79. The van der Waals surface area contributed by atoms with Crippen molar-refractivity contribution in [2.75, 3.05) is 13.2 Å². The summed E-state index contributed by atoms with van der Waals surface area (Å²) in [6.45, 7) is 11.2. The molecule has 1 aliphatic heterocycles. The zero-order valence-electron chi connectivity index (χ0n) is 17.5. The highest BCUT2D eigenvalue weighted by molar-refractivity contribution is 5.82. The van der Waals surface area contributed by atoms with Crippen LogP contribution in [0.4, 0.5) is 0 Å². The van der Waals surface area contributed by atoms with E-state index in [2.05, 4.69) is 33.0 Å². The summed E-state index contributed by atoms with van der Waals surface area (Å²) in [6.07, 6.45) is 2.96. The topological polar surface area (TPSA) is 82.0 Å². The van der Waals surface area contributed by atoms with Crippen LogP contribution in [-0.4, -0.2) is 58.6 Å². The van der Waals surface area contributed by atoms with Crippen molar-refractivity contribution in [3.63, 3.8) is 0 Å². The molecule has 4 rings (SSSR count). The molecule has 8 atom stereocenters. The fourth-order valence-electron chi connectivity index (χ4n) is 5.85. The third kappa shape index (κ3) is 3.66. The summed E-state index contributed by atoms with van der Waals surface area (Å²) in [6, 6.07) is -0.364. The SMILES string of the molecule is CCCCN1O[C@@H](CO)[C@@H]([C@H](C)O)[C@H]1C(=O)N[C@H]1C[C@@H]2C[C@H]([C@@H]1C)C2(C)C. The zero-order valence-corrected chi connectivity index (χ0v) is 17.5. The van der Waals surface area contributed by atoms with Gasteiger partial charge in [0.1, 0.15) is 12.1 Å². The molecule has 1 heterocycles. The largest absolute Gasteiger partial charge is 0.394 e. The van der Waals surface area contributed by atoms with Gasteiger partial charge in [0.2, 0.25) is 5.91 Å². The Labute approximate surface area is 163 Å². The van der Waals surface area contributed by atoms with Crippen LogP contribution in [0.25, 0.3) is 0 Å². The number of nitrogens with one attached hydrogen (secondary N) is 1. The highest BCUT2D eigenvalue weighted by Gasteiger charge is 2.57. The van der Waals surface area contributed by atoms with Crippen LogP contribution in [0.15, 0.2) is 0 Å². The van der Waals surface area contributed by atoms with Gasteiger partial charge < -0.3 is 15.5 Å². The smallest absolute Gasteiger partial charge is 0.240 e. The number of hydroxylamine groups is 2. The van der Waals surface area contributed by atoms with Gasteiger partial charge in [-0.3, -0.25) is 9.63 Å². The van der Waals surface area contributed by atoms with Crippen LogP contribution in [0.5, 0.6) is 0 Å². The fourth-order valence-corrected chi connectivity index (χ4v) is 5.85. The first-order valence-corrected chi connectivity index (χ1v) is 10.7. The molecule has 156 valence electrons. The van der Waals surface area contributed by atoms with Crippen molar-refractivity contribution in [3.8, 4) is 0 Å². The highest BCUT2D eigenvalue weighted by atomic mass is 16.7. The predicted molar refractivity (Wildman–Crippen MR) is 104 cm³/mol. The first-order valence-electron chi connectivity index (χ1n) is 10.7. The summed E-state index contributed by atoms with van der Waals surface area (Å²) in [4.78, 5) is 19.1. The van der Waals surface area contributed by atoms with Gasteiger partial charge in [-0.2, -0.15) is 5.06 Å². The summed E-state index contributed by atoms with van der Waals surface area (Å²) >= 11 is 0. The lowest BCUT2D eigenvalue weighted by molar-refractivity contribution is -0.178. The molecule has 4 aliphatic rings. The second-order valence-electron chi connectivity index (χ2n) is 9.65. The highest BCUT2D eigenvalue weighted by Crippen LogP contribution is 2.61. The van der Waals surface area contributed by atoms with Gasteiger partial charge in [-0.25, -0.2) is 0 Å². The number of nitrogens with zero attached hydrogens (tertiary/aromatic N) is 1. The van der Waals surface area contributed by atoms with Gasteiger partial charge in [-0.15, -0.1) is 0 Å². The number of carbonyl (C=O) groups is 1. The van der Waals surface area contributed by atoms with Crippen molar-refractivity contribution in [1.82, 2.24) is 10.4 Å². The van der Waals surface area contributed by atoms with Crippen LogP contribution in [0.3, 0.4) is 0 Å². The van der Waals surface area contributed by atoms with Crippen LogP contribution < -0.4 is 5.32 Å². The van der Waals surface area contributed by atoms with E-state index in [4.69, 9.17) is 4.84 Å². The second kappa shape index (κ2) is 7.97. The summed E-state index contributed by atoms with van der Waals surface area (Å²) in [5, 5.41) is 25.0.